The fourth-order valence-corrected chi connectivity index (χ4v) is 2.43. The smallest absolute Gasteiger partial charge is 0.247 e. The van der Waals surface area contributed by atoms with Crippen LogP contribution in [0.2, 0.25) is 0 Å². The molecule has 1 aliphatic rings. The monoisotopic (exact) mass is 269 g/mol. The molecule has 1 saturated heterocycles. The fraction of sp³-hybridized carbons (Fsp3) is 0.462. The van der Waals surface area contributed by atoms with Gasteiger partial charge in [0.2, 0.25) is 5.91 Å². The van der Waals surface area contributed by atoms with Gasteiger partial charge in [0.15, 0.2) is 5.82 Å². The van der Waals surface area contributed by atoms with E-state index in [9.17, 15) is 13.6 Å². The molecule has 1 aliphatic heterocycles. The van der Waals surface area contributed by atoms with Crippen LogP contribution < -0.4 is 10.6 Å². The summed E-state index contributed by atoms with van der Waals surface area (Å²) in [6, 6.07) is 1.91. The highest BCUT2D eigenvalue weighted by atomic mass is 19.1. The lowest BCUT2D eigenvalue weighted by atomic mass is 9.96. The minimum atomic E-state index is -0.888. The van der Waals surface area contributed by atoms with Gasteiger partial charge >= 0.3 is 0 Å². The van der Waals surface area contributed by atoms with E-state index >= 15 is 0 Å². The van der Waals surface area contributed by atoms with Gasteiger partial charge in [-0.05, 0) is 19.9 Å². The predicted molar refractivity (Wildman–Crippen MR) is 69.8 cm³/mol. The Balaban J connectivity index is 2.50. The van der Waals surface area contributed by atoms with Crippen molar-refractivity contribution in [3.05, 3.63) is 23.8 Å². The van der Waals surface area contributed by atoms with E-state index < -0.39 is 17.2 Å². The molecule has 0 unspecified atom stereocenters. The lowest BCUT2D eigenvalue weighted by molar-refractivity contribution is -0.136. The van der Waals surface area contributed by atoms with Crippen LogP contribution in [0, 0.1) is 11.6 Å². The van der Waals surface area contributed by atoms with E-state index in [4.69, 9.17) is 5.73 Å². The number of anilines is 2. The Morgan fingerprint density at radius 1 is 1.26 bits per heavy atom. The zero-order chi connectivity index (χ0) is 14.4. The van der Waals surface area contributed by atoms with E-state index in [1.165, 1.54) is 6.07 Å². The molecule has 1 fully saturated rings. The molecule has 1 amide bonds. The molecule has 104 valence electrons. The number of benzene rings is 1. The van der Waals surface area contributed by atoms with E-state index in [2.05, 4.69) is 0 Å². The maximum atomic E-state index is 13.5. The van der Waals surface area contributed by atoms with Crippen molar-refractivity contribution in [1.82, 2.24) is 4.90 Å². The van der Waals surface area contributed by atoms with Crippen molar-refractivity contribution >= 4 is 17.3 Å². The maximum absolute atomic E-state index is 13.5. The molecule has 1 aromatic carbocycles. The third-order valence-corrected chi connectivity index (χ3v) is 3.57. The first-order chi connectivity index (χ1) is 8.75. The molecule has 0 aliphatic carbocycles. The molecule has 0 atom stereocenters. The Kier molecular flexibility index (Phi) is 3.12. The third kappa shape index (κ3) is 2.11. The first-order valence-corrected chi connectivity index (χ1v) is 6.03. The summed E-state index contributed by atoms with van der Waals surface area (Å²) >= 11 is 0. The zero-order valence-electron chi connectivity index (χ0n) is 11.2. The molecule has 6 heteroatoms. The van der Waals surface area contributed by atoms with Crippen molar-refractivity contribution in [3.8, 4) is 0 Å². The lowest BCUT2D eigenvalue weighted by Gasteiger charge is -2.46. The van der Waals surface area contributed by atoms with Gasteiger partial charge in [-0.3, -0.25) is 4.79 Å². The number of nitrogens with zero attached hydrogens (tertiary/aromatic N) is 2. The van der Waals surface area contributed by atoms with Crippen LogP contribution in [0.4, 0.5) is 20.2 Å². The predicted octanol–water partition coefficient (Wildman–Crippen LogP) is 1.60. The largest absolute Gasteiger partial charge is 0.395 e. The highest BCUT2D eigenvalue weighted by Gasteiger charge is 2.41. The highest BCUT2D eigenvalue weighted by molar-refractivity contribution is 5.91. The number of likely N-dealkylation sites (N-methyl/N-ethyl adjacent to an activating group) is 1. The summed E-state index contributed by atoms with van der Waals surface area (Å²) in [5.41, 5.74) is 4.88. The Morgan fingerprint density at radius 2 is 1.89 bits per heavy atom. The summed E-state index contributed by atoms with van der Waals surface area (Å²) in [7, 11) is 1.71. The number of halogens is 2. The Hall–Kier alpha value is -1.85. The molecular weight excluding hydrogens is 252 g/mol. The number of piperazine rings is 1. The topological polar surface area (TPSA) is 49.6 Å². The van der Waals surface area contributed by atoms with Gasteiger partial charge in [-0.15, -0.1) is 0 Å². The SMILES string of the molecule is CN1CCN(c2cc(F)cc(F)c2N)C(C)(C)C1=O. The third-order valence-electron chi connectivity index (χ3n) is 3.57. The minimum Gasteiger partial charge on any atom is -0.395 e. The molecule has 4 nitrogen and oxygen atoms in total. The standard InChI is InChI=1S/C13H17F2N3O/c1-13(2)12(19)17(3)4-5-18(13)10-7-8(14)6-9(15)11(10)16/h6-7H,4-5,16H2,1-3H3. The molecule has 19 heavy (non-hydrogen) atoms. The number of hydrogen-bond donors (Lipinski definition) is 1. The van der Waals surface area contributed by atoms with Gasteiger partial charge in [0.25, 0.3) is 0 Å². The molecule has 0 spiro atoms. The molecule has 0 saturated carbocycles. The molecule has 0 bridgehead atoms. The van der Waals surface area contributed by atoms with Crippen molar-refractivity contribution in [2.75, 3.05) is 30.8 Å². The van der Waals surface area contributed by atoms with E-state index in [1.54, 1.807) is 30.7 Å². The fourth-order valence-electron chi connectivity index (χ4n) is 2.43. The van der Waals surface area contributed by atoms with Crippen molar-refractivity contribution in [1.29, 1.82) is 0 Å². The van der Waals surface area contributed by atoms with Gasteiger partial charge in [0, 0.05) is 26.2 Å². The molecule has 0 aromatic heterocycles. The van der Waals surface area contributed by atoms with Gasteiger partial charge in [0.1, 0.15) is 11.4 Å². The van der Waals surface area contributed by atoms with Crippen LogP contribution in [0.25, 0.3) is 0 Å². The molecule has 1 heterocycles. The summed E-state index contributed by atoms with van der Waals surface area (Å²) in [5.74, 6) is -1.62. The second-order valence-corrected chi connectivity index (χ2v) is 5.26. The molecule has 1 aromatic rings. The Bertz CT molecular complexity index is 531. The summed E-state index contributed by atoms with van der Waals surface area (Å²) in [4.78, 5) is 15.4. The van der Waals surface area contributed by atoms with Crippen LogP contribution in [-0.4, -0.2) is 36.5 Å². The maximum Gasteiger partial charge on any atom is 0.247 e. The Morgan fingerprint density at radius 3 is 2.53 bits per heavy atom. The van der Waals surface area contributed by atoms with E-state index in [0.717, 1.165) is 6.07 Å². The Labute approximate surface area is 110 Å². The number of nitrogens with two attached hydrogens (primary N) is 1. The normalized spacial score (nSPS) is 18.9. The van der Waals surface area contributed by atoms with Crippen LogP contribution in [0.15, 0.2) is 12.1 Å². The average Bonchev–Trinajstić information content (AvgIpc) is 2.32. The molecule has 2 N–H and O–H groups in total. The quantitative estimate of drug-likeness (QED) is 0.788. The van der Waals surface area contributed by atoms with Crippen LogP contribution in [-0.2, 0) is 4.79 Å². The number of rotatable bonds is 1. The molecule has 2 rings (SSSR count). The number of amides is 1. The summed E-state index contributed by atoms with van der Waals surface area (Å²) in [6.45, 7) is 4.39. The van der Waals surface area contributed by atoms with Crippen molar-refractivity contribution in [2.24, 2.45) is 0 Å². The minimum absolute atomic E-state index is 0.109. The second-order valence-electron chi connectivity index (χ2n) is 5.26. The van der Waals surface area contributed by atoms with E-state index in [1.807, 2.05) is 0 Å². The first kappa shape index (κ1) is 13.6. The van der Waals surface area contributed by atoms with Crippen LogP contribution in [0.1, 0.15) is 13.8 Å². The van der Waals surface area contributed by atoms with E-state index in [0.29, 0.717) is 13.1 Å². The average molecular weight is 269 g/mol. The number of carbonyl (C=O) groups is 1. The van der Waals surface area contributed by atoms with Crippen molar-refractivity contribution < 1.29 is 13.6 Å². The summed E-state index contributed by atoms with van der Waals surface area (Å²) < 4.78 is 26.9. The van der Waals surface area contributed by atoms with Gasteiger partial charge in [0.05, 0.1) is 11.4 Å². The molecular formula is C13H17F2N3O. The second kappa shape index (κ2) is 4.36. The zero-order valence-corrected chi connectivity index (χ0v) is 11.2. The van der Waals surface area contributed by atoms with Gasteiger partial charge in [-0.2, -0.15) is 0 Å². The van der Waals surface area contributed by atoms with Gasteiger partial charge in [-0.25, -0.2) is 8.78 Å². The van der Waals surface area contributed by atoms with Crippen LogP contribution in [0.3, 0.4) is 0 Å². The van der Waals surface area contributed by atoms with Crippen molar-refractivity contribution in [3.63, 3.8) is 0 Å². The van der Waals surface area contributed by atoms with Crippen LogP contribution in [0.5, 0.6) is 0 Å². The number of nitrogen functional groups attached to an aromatic ring is 1. The highest BCUT2D eigenvalue weighted by Crippen LogP contribution is 2.34. The van der Waals surface area contributed by atoms with Crippen molar-refractivity contribution in [2.45, 2.75) is 19.4 Å². The van der Waals surface area contributed by atoms with Crippen LogP contribution >= 0.6 is 0 Å². The summed E-state index contributed by atoms with van der Waals surface area (Å²) in [6.07, 6.45) is 0. The van der Waals surface area contributed by atoms with E-state index in [-0.39, 0.29) is 17.3 Å². The first-order valence-electron chi connectivity index (χ1n) is 6.03. The van der Waals surface area contributed by atoms with Gasteiger partial charge in [-0.1, -0.05) is 0 Å². The number of hydrogen-bond acceptors (Lipinski definition) is 3. The lowest BCUT2D eigenvalue weighted by Crippen LogP contribution is -2.62. The summed E-state index contributed by atoms with van der Waals surface area (Å²) in [5, 5.41) is 0. The molecule has 0 radical (unpaired) electrons. The number of carbonyl (C=O) groups excluding carboxylic acids is 1. The van der Waals surface area contributed by atoms with Gasteiger partial charge < -0.3 is 15.5 Å².